The molecule has 23 heavy (non-hydrogen) atoms. The number of amides is 1. The number of benzene rings is 1. The maximum Gasteiger partial charge on any atom is 0.243 e. The molecule has 1 N–H and O–H groups in total. The van der Waals surface area contributed by atoms with Gasteiger partial charge in [-0.3, -0.25) is 4.79 Å². The molecule has 7 heteroatoms. The summed E-state index contributed by atoms with van der Waals surface area (Å²) in [5.41, 5.74) is 0. The highest BCUT2D eigenvalue weighted by atomic mass is 79.9. The van der Waals surface area contributed by atoms with Crippen LogP contribution in [0.25, 0.3) is 0 Å². The Labute approximate surface area is 146 Å². The number of rotatable bonds is 5. The van der Waals surface area contributed by atoms with Gasteiger partial charge in [0.25, 0.3) is 0 Å². The van der Waals surface area contributed by atoms with Crippen molar-refractivity contribution in [2.24, 2.45) is 5.92 Å². The van der Waals surface area contributed by atoms with Gasteiger partial charge in [-0.1, -0.05) is 29.8 Å². The topological polar surface area (TPSA) is 66.5 Å². The van der Waals surface area contributed by atoms with Crippen LogP contribution in [0.5, 0.6) is 0 Å². The van der Waals surface area contributed by atoms with Gasteiger partial charge in [-0.25, -0.2) is 8.42 Å². The van der Waals surface area contributed by atoms with E-state index >= 15 is 0 Å². The average molecular weight is 403 g/mol. The molecule has 0 unspecified atom stereocenters. The lowest BCUT2D eigenvalue weighted by Crippen LogP contribution is -2.46. The molecule has 128 valence electrons. The second kappa shape index (κ2) is 7.77. The predicted octanol–water partition coefficient (Wildman–Crippen LogP) is 2.76. The van der Waals surface area contributed by atoms with Gasteiger partial charge in [0.1, 0.15) is 0 Å². The Morgan fingerprint density at radius 2 is 1.83 bits per heavy atom. The Balaban J connectivity index is 1.93. The Hall–Kier alpha value is -0.920. The minimum atomic E-state index is -3.45. The van der Waals surface area contributed by atoms with Crippen molar-refractivity contribution in [3.05, 3.63) is 28.7 Å². The first-order chi connectivity index (χ1) is 10.8. The molecular weight excluding hydrogens is 380 g/mol. The highest BCUT2D eigenvalue weighted by Crippen LogP contribution is 2.22. The molecule has 1 fully saturated rings. The lowest BCUT2D eigenvalue weighted by Gasteiger charge is -2.31. The van der Waals surface area contributed by atoms with Crippen LogP contribution in [0.1, 0.15) is 33.1 Å². The molecule has 5 nitrogen and oxygen atoms in total. The number of nitrogens with zero attached hydrogens (tertiary/aromatic N) is 1. The molecule has 1 aromatic carbocycles. The van der Waals surface area contributed by atoms with E-state index in [4.69, 9.17) is 0 Å². The molecule has 0 aliphatic carbocycles. The fraction of sp³-hybridized carbons (Fsp3) is 0.562. The second-order valence-electron chi connectivity index (χ2n) is 6.30. The fourth-order valence-corrected chi connectivity index (χ4v) is 4.39. The van der Waals surface area contributed by atoms with Gasteiger partial charge in [-0.15, -0.1) is 0 Å². The molecule has 1 heterocycles. The lowest BCUT2D eigenvalue weighted by molar-refractivity contribution is -0.122. The number of sulfonamides is 1. The first kappa shape index (κ1) is 18.4. The van der Waals surface area contributed by atoms with E-state index in [2.05, 4.69) is 21.2 Å². The third kappa shape index (κ3) is 5.02. The van der Waals surface area contributed by atoms with Crippen molar-refractivity contribution in [3.8, 4) is 0 Å². The first-order valence-corrected chi connectivity index (χ1v) is 10.1. The van der Waals surface area contributed by atoms with Crippen LogP contribution in [0.4, 0.5) is 0 Å². The summed E-state index contributed by atoms with van der Waals surface area (Å²) in [4.78, 5) is 12.1. The summed E-state index contributed by atoms with van der Waals surface area (Å²) in [6.07, 6.45) is 1.82. The SMILES string of the molecule is CC(C)CC(=O)NC1CCN(S(=O)(=O)c2ccc(Br)cc2)CC1. The average Bonchev–Trinajstić information content (AvgIpc) is 2.47. The Kier molecular flexibility index (Phi) is 6.22. The van der Waals surface area contributed by atoms with E-state index in [1.807, 2.05) is 13.8 Å². The summed E-state index contributed by atoms with van der Waals surface area (Å²) >= 11 is 3.31. The molecule has 1 amide bonds. The van der Waals surface area contributed by atoms with Crippen LogP contribution in [0, 0.1) is 5.92 Å². The molecule has 0 bridgehead atoms. The molecular formula is C16H23BrN2O3S. The third-order valence-electron chi connectivity index (χ3n) is 3.86. The highest BCUT2D eigenvalue weighted by Gasteiger charge is 2.29. The van der Waals surface area contributed by atoms with Crippen LogP contribution in [-0.2, 0) is 14.8 Å². The number of hydrogen-bond donors (Lipinski definition) is 1. The first-order valence-electron chi connectivity index (χ1n) is 7.84. The maximum absolute atomic E-state index is 12.6. The number of halogens is 1. The number of hydrogen-bond acceptors (Lipinski definition) is 3. The molecule has 0 radical (unpaired) electrons. The molecule has 1 aliphatic heterocycles. The normalized spacial score (nSPS) is 17.4. The zero-order valence-corrected chi connectivity index (χ0v) is 15.9. The van der Waals surface area contributed by atoms with Crippen molar-refractivity contribution in [3.63, 3.8) is 0 Å². The van der Waals surface area contributed by atoms with E-state index in [1.165, 1.54) is 4.31 Å². The zero-order chi connectivity index (χ0) is 17.0. The van der Waals surface area contributed by atoms with Crippen LogP contribution in [0.15, 0.2) is 33.6 Å². The van der Waals surface area contributed by atoms with Gasteiger partial charge in [0.05, 0.1) is 4.90 Å². The van der Waals surface area contributed by atoms with Gasteiger partial charge in [-0.05, 0) is 43.0 Å². The molecule has 0 saturated carbocycles. The number of carbonyl (C=O) groups is 1. The Morgan fingerprint density at radius 3 is 2.35 bits per heavy atom. The quantitative estimate of drug-likeness (QED) is 0.822. The monoisotopic (exact) mass is 402 g/mol. The van der Waals surface area contributed by atoms with Gasteiger partial charge < -0.3 is 5.32 Å². The van der Waals surface area contributed by atoms with Gasteiger partial charge in [-0.2, -0.15) is 4.31 Å². The molecule has 1 aromatic rings. The number of piperidine rings is 1. The summed E-state index contributed by atoms with van der Waals surface area (Å²) in [7, 11) is -3.45. The van der Waals surface area contributed by atoms with Crippen molar-refractivity contribution in [1.29, 1.82) is 0 Å². The zero-order valence-electron chi connectivity index (χ0n) is 13.5. The second-order valence-corrected chi connectivity index (χ2v) is 9.15. The molecule has 1 aliphatic rings. The van der Waals surface area contributed by atoms with E-state index in [1.54, 1.807) is 24.3 Å². The summed E-state index contributed by atoms with van der Waals surface area (Å²) in [6, 6.07) is 6.74. The summed E-state index contributed by atoms with van der Waals surface area (Å²) in [5.74, 6) is 0.377. The van der Waals surface area contributed by atoms with Crippen molar-refractivity contribution in [2.45, 2.75) is 44.0 Å². The maximum atomic E-state index is 12.6. The lowest BCUT2D eigenvalue weighted by atomic mass is 10.1. The van der Waals surface area contributed by atoms with Crippen LogP contribution in [-0.4, -0.2) is 37.8 Å². The molecule has 2 rings (SSSR count). The van der Waals surface area contributed by atoms with Crippen molar-refractivity contribution >= 4 is 31.9 Å². The van der Waals surface area contributed by atoms with Crippen molar-refractivity contribution < 1.29 is 13.2 Å². The van der Waals surface area contributed by atoms with Gasteiger partial charge in [0.15, 0.2) is 0 Å². The van der Waals surface area contributed by atoms with Crippen molar-refractivity contribution in [1.82, 2.24) is 9.62 Å². The van der Waals surface area contributed by atoms with E-state index in [9.17, 15) is 13.2 Å². The van der Waals surface area contributed by atoms with Gasteiger partial charge in [0.2, 0.25) is 15.9 Å². The van der Waals surface area contributed by atoms with Crippen LogP contribution >= 0.6 is 15.9 Å². The summed E-state index contributed by atoms with van der Waals surface area (Å²) in [6.45, 7) is 4.88. The summed E-state index contributed by atoms with van der Waals surface area (Å²) < 4.78 is 27.5. The Bertz CT molecular complexity index is 636. The van der Waals surface area contributed by atoms with Crippen LogP contribution in [0.2, 0.25) is 0 Å². The van der Waals surface area contributed by atoms with Crippen LogP contribution < -0.4 is 5.32 Å². The molecule has 0 atom stereocenters. The van der Waals surface area contributed by atoms with Gasteiger partial charge in [0, 0.05) is 30.0 Å². The van der Waals surface area contributed by atoms with E-state index in [0.29, 0.717) is 43.2 Å². The smallest absolute Gasteiger partial charge is 0.243 e. The largest absolute Gasteiger partial charge is 0.353 e. The van der Waals surface area contributed by atoms with E-state index in [0.717, 1.165) is 4.47 Å². The fourth-order valence-electron chi connectivity index (χ4n) is 2.65. The van der Waals surface area contributed by atoms with E-state index < -0.39 is 10.0 Å². The van der Waals surface area contributed by atoms with Crippen molar-refractivity contribution in [2.75, 3.05) is 13.1 Å². The number of carbonyl (C=O) groups excluding carboxylic acids is 1. The molecule has 0 spiro atoms. The van der Waals surface area contributed by atoms with E-state index in [-0.39, 0.29) is 11.9 Å². The minimum absolute atomic E-state index is 0.0502. The minimum Gasteiger partial charge on any atom is -0.353 e. The van der Waals surface area contributed by atoms with Crippen LogP contribution in [0.3, 0.4) is 0 Å². The molecule has 0 aromatic heterocycles. The Morgan fingerprint density at radius 1 is 1.26 bits per heavy atom. The highest BCUT2D eigenvalue weighted by molar-refractivity contribution is 9.10. The number of nitrogens with one attached hydrogen (secondary N) is 1. The third-order valence-corrected chi connectivity index (χ3v) is 6.31. The standard InChI is InChI=1S/C16H23BrN2O3S/c1-12(2)11-16(20)18-14-7-9-19(10-8-14)23(21,22)15-5-3-13(17)4-6-15/h3-6,12,14H,7-11H2,1-2H3,(H,18,20). The predicted molar refractivity (Wildman–Crippen MR) is 93.5 cm³/mol. The van der Waals surface area contributed by atoms with Gasteiger partial charge >= 0.3 is 0 Å². The molecule has 1 saturated heterocycles. The summed E-state index contributed by atoms with van der Waals surface area (Å²) in [5, 5.41) is 3.00.